The largest absolute Gasteiger partial charge is 0.459 e. The zero-order valence-electron chi connectivity index (χ0n) is 10.5. The predicted molar refractivity (Wildman–Crippen MR) is 63.7 cm³/mol. The minimum absolute atomic E-state index is 0.0962. The maximum atomic E-state index is 11.5. The number of carbonyl (C=O) groups is 1. The van der Waals surface area contributed by atoms with Gasteiger partial charge in [0.2, 0.25) is 0 Å². The highest BCUT2D eigenvalue weighted by molar-refractivity contribution is 5.87. The first-order valence-electron chi connectivity index (χ1n) is 5.99. The fourth-order valence-corrected chi connectivity index (χ4v) is 1.33. The topological polar surface area (TPSA) is 26.3 Å². The van der Waals surface area contributed by atoms with Gasteiger partial charge in [0.15, 0.2) is 0 Å². The van der Waals surface area contributed by atoms with Crippen LogP contribution in [0.15, 0.2) is 11.6 Å². The van der Waals surface area contributed by atoms with Gasteiger partial charge >= 0.3 is 5.97 Å². The lowest BCUT2D eigenvalue weighted by Crippen LogP contribution is -2.18. The molecule has 1 atom stereocenters. The summed E-state index contributed by atoms with van der Waals surface area (Å²) in [5, 5.41) is 0. The van der Waals surface area contributed by atoms with Gasteiger partial charge in [0, 0.05) is 5.57 Å². The van der Waals surface area contributed by atoms with E-state index in [0.29, 0.717) is 5.57 Å². The lowest BCUT2D eigenvalue weighted by Gasteiger charge is -2.16. The van der Waals surface area contributed by atoms with Crippen LogP contribution in [-0.2, 0) is 9.53 Å². The summed E-state index contributed by atoms with van der Waals surface area (Å²) in [6, 6.07) is 0. The van der Waals surface area contributed by atoms with Crippen molar-refractivity contribution < 1.29 is 9.53 Å². The van der Waals surface area contributed by atoms with Crippen molar-refractivity contribution >= 4 is 5.97 Å². The van der Waals surface area contributed by atoms with Crippen molar-refractivity contribution in [3.63, 3.8) is 0 Å². The van der Waals surface area contributed by atoms with E-state index in [0.717, 1.165) is 19.3 Å². The third-order valence-electron chi connectivity index (χ3n) is 2.61. The fraction of sp³-hybridized carbons (Fsp3) is 0.769. The van der Waals surface area contributed by atoms with Crippen molar-refractivity contribution in [1.29, 1.82) is 0 Å². The Morgan fingerprint density at radius 1 is 1.33 bits per heavy atom. The molecule has 0 aromatic carbocycles. The molecule has 0 amide bonds. The molecule has 0 saturated carbocycles. The van der Waals surface area contributed by atoms with Crippen LogP contribution < -0.4 is 0 Å². The summed E-state index contributed by atoms with van der Waals surface area (Å²) >= 11 is 0. The van der Waals surface area contributed by atoms with E-state index in [1.807, 2.05) is 6.92 Å². The van der Waals surface area contributed by atoms with Gasteiger partial charge in [-0.2, -0.15) is 0 Å². The van der Waals surface area contributed by atoms with E-state index in [-0.39, 0.29) is 12.1 Å². The van der Waals surface area contributed by atoms with Crippen LogP contribution >= 0.6 is 0 Å². The second-order valence-electron chi connectivity index (χ2n) is 3.90. The molecule has 0 bridgehead atoms. The van der Waals surface area contributed by atoms with E-state index >= 15 is 0 Å². The lowest BCUT2D eigenvalue weighted by atomic mass is 10.1. The van der Waals surface area contributed by atoms with Crippen LogP contribution in [0.5, 0.6) is 0 Å². The van der Waals surface area contributed by atoms with E-state index in [2.05, 4.69) is 13.8 Å². The molecule has 1 unspecified atom stereocenters. The maximum Gasteiger partial charge on any atom is 0.333 e. The molecule has 0 fully saturated rings. The summed E-state index contributed by atoms with van der Waals surface area (Å²) in [5.41, 5.74) is 0.698. The Kier molecular flexibility index (Phi) is 8.06. The van der Waals surface area contributed by atoms with Crippen LogP contribution in [0.4, 0.5) is 0 Å². The van der Waals surface area contributed by atoms with E-state index < -0.39 is 0 Å². The fourth-order valence-electron chi connectivity index (χ4n) is 1.33. The molecule has 0 saturated heterocycles. The molecular formula is C13H24O2. The minimum atomic E-state index is -0.166. The highest BCUT2D eigenvalue weighted by atomic mass is 16.5. The van der Waals surface area contributed by atoms with Crippen molar-refractivity contribution in [2.24, 2.45) is 0 Å². The predicted octanol–water partition coefficient (Wildman–Crippen LogP) is 3.85. The average Bonchev–Trinajstić information content (AvgIpc) is 2.26. The first-order valence-corrected chi connectivity index (χ1v) is 5.99. The van der Waals surface area contributed by atoms with Crippen molar-refractivity contribution in [2.45, 2.75) is 65.9 Å². The first-order chi connectivity index (χ1) is 7.15. The number of unbranched alkanes of at least 4 members (excludes halogenated alkanes) is 2. The van der Waals surface area contributed by atoms with Gasteiger partial charge in [0.05, 0.1) is 0 Å². The van der Waals surface area contributed by atoms with Crippen LogP contribution in [0, 0.1) is 0 Å². The molecule has 0 heterocycles. The lowest BCUT2D eigenvalue weighted by molar-refractivity contribution is -0.144. The van der Waals surface area contributed by atoms with Crippen LogP contribution in [0.3, 0.4) is 0 Å². The Morgan fingerprint density at radius 3 is 2.47 bits per heavy atom. The van der Waals surface area contributed by atoms with Gasteiger partial charge in [-0.05, 0) is 33.1 Å². The van der Waals surface area contributed by atoms with Gasteiger partial charge in [-0.3, -0.25) is 0 Å². The Labute approximate surface area is 93.7 Å². The van der Waals surface area contributed by atoms with Crippen molar-refractivity contribution in [3.05, 3.63) is 11.6 Å². The summed E-state index contributed by atoms with van der Waals surface area (Å²) in [7, 11) is 0. The standard InChI is InChI=1S/C13H24O2/c1-5-8-9-10-12(7-3)15-13(14)11(4)6-2/h6,12H,5,7-10H2,1-4H3/b11-6-. The normalized spacial score (nSPS) is 13.7. The second-order valence-corrected chi connectivity index (χ2v) is 3.90. The molecule has 0 N–H and O–H groups in total. The number of ether oxygens (including phenoxy) is 1. The first kappa shape index (κ1) is 14.2. The smallest absolute Gasteiger partial charge is 0.333 e. The zero-order chi connectivity index (χ0) is 11.7. The van der Waals surface area contributed by atoms with Crippen LogP contribution in [-0.4, -0.2) is 12.1 Å². The number of allylic oxidation sites excluding steroid dienone is 1. The molecular weight excluding hydrogens is 188 g/mol. The van der Waals surface area contributed by atoms with Crippen molar-refractivity contribution in [1.82, 2.24) is 0 Å². The maximum absolute atomic E-state index is 11.5. The Morgan fingerprint density at radius 2 is 2.00 bits per heavy atom. The summed E-state index contributed by atoms with van der Waals surface area (Å²) in [6.45, 7) is 7.89. The summed E-state index contributed by atoms with van der Waals surface area (Å²) < 4.78 is 5.39. The molecule has 0 aliphatic heterocycles. The van der Waals surface area contributed by atoms with Gasteiger partial charge < -0.3 is 4.74 Å². The molecule has 0 rings (SSSR count). The molecule has 0 aromatic heterocycles. The van der Waals surface area contributed by atoms with E-state index in [1.54, 1.807) is 13.0 Å². The third-order valence-corrected chi connectivity index (χ3v) is 2.61. The SMILES string of the molecule is C/C=C(/C)C(=O)OC(CC)CCCCC. The number of hydrogen-bond donors (Lipinski definition) is 0. The van der Waals surface area contributed by atoms with Crippen molar-refractivity contribution in [2.75, 3.05) is 0 Å². The average molecular weight is 212 g/mol. The van der Waals surface area contributed by atoms with Crippen molar-refractivity contribution in [3.8, 4) is 0 Å². The minimum Gasteiger partial charge on any atom is -0.459 e. The van der Waals surface area contributed by atoms with Gasteiger partial charge in [-0.1, -0.05) is 32.8 Å². The van der Waals surface area contributed by atoms with Gasteiger partial charge in [0.25, 0.3) is 0 Å². The number of hydrogen-bond acceptors (Lipinski definition) is 2. The van der Waals surface area contributed by atoms with E-state index in [4.69, 9.17) is 4.74 Å². The molecule has 0 aliphatic rings. The van der Waals surface area contributed by atoms with Gasteiger partial charge in [-0.25, -0.2) is 4.79 Å². The Hall–Kier alpha value is -0.790. The molecule has 0 aromatic rings. The molecule has 0 spiro atoms. The summed E-state index contributed by atoms with van der Waals surface area (Å²) in [4.78, 5) is 11.5. The van der Waals surface area contributed by atoms with Gasteiger partial charge in [0.1, 0.15) is 6.10 Å². The molecule has 0 radical (unpaired) electrons. The van der Waals surface area contributed by atoms with Crippen LogP contribution in [0.1, 0.15) is 59.8 Å². The highest BCUT2D eigenvalue weighted by Crippen LogP contribution is 2.12. The molecule has 2 heteroatoms. The highest BCUT2D eigenvalue weighted by Gasteiger charge is 2.12. The second kappa shape index (κ2) is 8.51. The van der Waals surface area contributed by atoms with E-state index in [1.165, 1.54) is 12.8 Å². The van der Waals surface area contributed by atoms with Crippen LogP contribution in [0.2, 0.25) is 0 Å². The quantitative estimate of drug-likeness (QED) is 0.364. The molecule has 15 heavy (non-hydrogen) atoms. The molecule has 2 nitrogen and oxygen atoms in total. The number of rotatable bonds is 7. The third kappa shape index (κ3) is 6.32. The molecule has 88 valence electrons. The molecule has 0 aliphatic carbocycles. The Balaban J connectivity index is 3.93. The van der Waals surface area contributed by atoms with E-state index in [9.17, 15) is 4.79 Å². The Bertz CT molecular complexity index is 207. The summed E-state index contributed by atoms with van der Waals surface area (Å²) in [6.07, 6.45) is 7.37. The zero-order valence-corrected chi connectivity index (χ0v) is 10.5. The van der Waals surface area contributed by atoms with Gasteiger partial charge in [-0.15, -0.1) is 0 Å². The monoisotopic (exact) mass is 212 g/mol. The number of carbonyl (C=O) groups excluding carboxylic acids is 1. The number of esters is 1. The summed E-state index contributed by atoms with van der Waals surface area (Å²) in [5.74, 6) is -0.166. The van der Waals surface area contributed by atoms with Crippen LogP contribution in [0.25, 0.3) is 0 Å².